The molecule has 0 fully saturated rings. The van der Waals surface area contributed by atoms with Crippen molar-refractivity contribution in [3.63, 3.8) is 0 Å². The Morgan fingerprint density at radius 3 is 2.33 bits per heavy atom. The highest BCUT2D eigenvalue weighted by atomic mass is 35.5. The van der Waals surface area contributed by atoms with E-state index in [0.29, 0.717) is 5.02 Å². The van der Waals surface area contributed by atoms with E-state index in [1.807, 2.05) is 61.5 Å². The zero-order chi connectivity index (χ0) is 15.2. The summed E-state index contributed by atoms with van der Waals surface area (Å²) in [4.78, 5) is 12.1. The highest BCUT2D eigenvalue weighted by Crippen LogP contribution is 2.17. The number of carbonyl (C=O) groups excluding carboxylic acids is 1. The fourth-order valence-corrected chi connectivity index (χ4v) is 2.28. The smallest absolute Gasteiger partial charge is 0.222 e. The molecule has 0 aromatic heterocycles. The topological polar surface area (TPSA) is 55.1 Å². The van der Waals surface area contributed by atoms with Crippen molar-refractivity contribution < 1.29 is 4.79 Å². The highest BCUT2D eigenvalue weighted by molar-refractivity contribution is 6.30. The second kappa shape index (κ2) is 7.25. The van der Waals surface area contributed by atoms with Crippen LogP contribution in [0.5, 0.6) is 0 Å². The van der Waals surface area contributed by atoms with E-state index in [1.165, 1.54) is 0 Å². The minimum atomic E-state index is -0.288. The third-order valence-electron chi connectivity index (χ3n) is 3.38. The average Bonchev–Trinajstić information content (AvgIpc) is 2.48. The summed E-state index contributed by atoms with van der Waals surface area (Å²) in [5.74, 6) is -0.0613. The van der Waals surface area contributed by atoms with Crippen LogP contribution in [0.4, 0.5) is 0 Å². The largest absolute Gasteiger partial charge is 0.350 e. The van der Waals surface area contributed by atoms with Gasteiger partial charge in [0.05, 0.1) is 6.04 Å². The van der Waals surface area contributed by atoms with E-state index in [4.69, 9.17) is 17.3 Å². The molecule has 0 bridgehead atoms. The molecule has 1 amide bonds. The number of hydrogen-bond acceptors (Lipinski definition) is 2. The number of halogens is 1. The van der Waals surface area contributed by atoms with Gasteiger partial charge in [-0.2, -0.15) is 0 Å². The first-order chi connectivity index (χ1) is 10.1. The molecule has 2 aromatic rings. The van der Waals surface area contributed by atoms with Crippen molar-refractivity contribution in [1.29, 1.82) is 0 Å². The molecule has 0 heterocycles. The number of hydrogen-bond donors (Lipinski definition) is 2. The van der Waals surface area contributed by atoms with Gasteiger partial charge in [-0.05, 0) is 30.2 Å². The Hall–Kier alpha value is -1.84. The Labute approximate surface area is 130 Å². The van der Waals surface area contributed by atoms with E-state index in [2.05, 4.69) is 5.32 Å². The number of amides is 1. The van der Waals surface area contributed by atoms with Crippen LogP contribution in [0.1, 0.15) is 36.6 Å². The molecule has 0 aliphatic heterocycles. The molecule has 2 rings (SSSR count). The monoisotopic (exact) mass is 302 g/mol. The number of carbonyl (C=O) groups is 1. The van der Waals surface area contributed by atoms with Gasteiger partial charge in [-0.25, -0.2) is 0 Å². The van der Waals surface area contributed by atoms with Crippen LogP contribution < -0.4 is 11.1 Å². The number of nitrogens with one attached hydrogen (secondary N) is 1. The van der Waals surface area contributed by atoms with Crippen molar-refractivity contribution in [3.05, 3.63) is 70.7 Å². The summed E-state index contributed by atoms with van der Waals surface area (Å²) >= 11 is 5.85. The fourth-order valence-electron chi connectivity index (χ4n) is 2.15. The molecule has 0 aliphatic carbocycles. The molecule has 0 radical (unpaired) electrons. The first-order valence-electron chi connectivity index (χ1n) is 6.91. The third kappa shape index (κ3) is 4.59. The van der Waals surface area contributed by atoms with Crippen LogP contribution in [-0.4, -0.2) is 5.91 Å². The van der Waals surface area contributed by atoms with E-state index in [9.17, 15) is 4.79 Å². The van der Waals surface area contributed by atoms with Crippen molar-refractivity contribution in [3.8, 4) is 0 Å². The molecule has 3 N–H and O–H groups in total. The summed E-state index contributed by atoms with van der Waals surface area (Å²) in [5.41, 5.74) is 8.03. The summed E-state index contributed by atoms with van der Waals surface area (Å²) in [7, 11) is 0. The maximum Gasteiger partial charge on any atom is 0.222 e. The predicted octanol–water partition coefficient (Wildman–Crippen LogP) is 3.61. The highest BCUT2D eigenvalue weighted by Gasteiger charge is 2.14. The van der Waals surface area contributed by atoms with Crippen molar-refractivity contribution >= 4 is 17.5 Å². The maximum atomic E-state index is 12.1. The SMILES string of the molecule is CC(NC(=O)CC(N)c1ccccc1)c1ccc(Cl)cc1. The van der Waals surface area contributed by atoms with Crippen LogP contribution in [0, 0.1) is 0 Å². The molecule has 2 aromatic carbocycles. The summed E-state index contributed by atoms with van der Waals surface area (Å²) in [6.07, 6.45) is 0.266. The lowest BCUT2D eigenvalue weighted by Gasteiger charge is -2.17. The summed E-state index contributed by atoms with van der Waals surface area (Å²) in [6.45, 7) is 1.94. The van der Waals surface area contributed by atoms with Gasteiger partial charge in [0.15, 0.2) is 0 Å². The minimum Gasteiger partial charge on any atom is -0.350 e. The average molecular weight is 303 g/mol. The normalized spacial score (nSPS) is 13.5. The number of rotatable bonds is 5. The molecule has 21 heavy (non-hydrogen) atoms. The van der Waals surface area contributed by atoms with Gasteiger partial charge in [0.25, 0.3) is 0 Å². The number of benzene rings is 2. The second-order valence-corrected chi connectivity index (χ2v) is 5.50. The Kier molecular flexibility index (Phi) is 5.37. The van der Waals surface area contributed by atoms with Gasteiger partial charge in [-0.3, -0.25) is 4.79 Å². The summed E-state index contributed by atoms with van der Waals surface area (Å²) < 4.78 is 0. The van der Waals surface area contributed by atoms with Gasteiger partial charge < -0.3 is 11.1 Å². The zero-order valence-corrected chi connectivity index (χ0v) is 12.7. The predicted molar refractivity (Wildman–Crippen MR) is 86.0 cm³/mol. The van der Waals surface area contributed by atoms with Gasteiger partial charge in [-0.1, -0.05) is 54.1 Å². The van der Waals surface area contributed by atoms with Gasteiger partial charge >= 0.3 is 0 Å². The second-order valence-electron chi connectivity index (χ2n) is 5.06. The molecular formula is C17H19ClN2O. The lowest BCUT2D eigenvalue weighted by atomic mass is 10.0. The van der Waals surface area contributed by atoms with E-state index >= 15 is 0 Å². The van der Waals surface area contributed by atoms with Crippen LogP contribution in [0.15, 0.2) is 54.6 Å². The molecule has 2 atom stereocenters. The summed E-state index contributed by atoms with van der Waals surface area (Å²) in [6, 6.07) is 16.7. The molecule has 0 aliphatic rings. The molecule has 4 heteroatoms. The third-order valence-corrected chi connectivity index (χ3v) is 3.63. The molecule has 2 unspecified atom stereocenters. The van der Waals surface area contributed by atoms with E-state index in [1.54, 1.807) is 0 Å². The first-order valence-corrected chi connectivity index (χ1v) is 7.29. The van der Waals surface area contributed by atoms with Crippen molar-refractivity contribution in [1.82, 2.24) is 5.32 Å². The lowest BCUT2D eigenvalue weighted by molar-refractivity contribution is -0.122. The van der Waals surface area contributed by atoms with E-state index in [0.717, 1.165) is 11.1 Å². The number of nitrogens with two attached hydrogens (primary N) is 1. The van der Waals surface area contributed by atoms with Gasteiger partial charge in [0, 0.05) is 17.5 Å². The van der Waals surface area contributed by atoms with E-state index < -0.39 is 0 Å². The lowest BCUT2D eigenvalue weighted by Crippen LogP contribution is -2.29. The Morgan fingerprint density at radius 1 is 1.10 bits per heavy atom. The van der Waals surface area contributed by atoms with Crippen LogP contribution in [0.2, 0.25) is 5.02 Å². The Morgan fingerprint density at radius 2 is 1.71 bits per heavy atom. The minimum absolute atomic E-state index is 0.0613. The van der Waals surface area contributed by atoms with Crippen molar-refractivity contribution in [2.45, 2.75) is 25.4 Å². The van der Waals surface area contributed by atoms with Crippen LogP contribution in [0.3, 0.4) is 0 Å². The Bertz CT molecular complexity index is 583. The van der Waals surface area contributed by atoms with Crippen molar-refractivity contribution in [2.24, 2.45) is 5.73 Å². The van der Waals surface area contributed by atoms with Gasteiger partial charge in [-0.15, -0.1) is 0 Å². The molecule has 0 saturated heterocycles. The quantitative estimate of drug-likeness (QED) is 0.886. The van der Waals surface area contributed by atoms with E-state index in [-0.39, 0.29) is 24.4 Å². The van der Waals surface area contributed by atoms with Gasteiger partial charge in [0.2, 0.25) is 5.91 Å². The van der Waals surface area contributed by atoms with Gasteiger partial charge in [0.1, 0.15) is 0 Å². The molecule has 0 spiro atoms. The van der Waals surface area contributed by atoms with Crippen LogP contribution >= 0.6 is 11.6 Å². The molecule has 0 saturated carbocycles. The fraction of sp³-hybridized carbons (Fsp3) is 0.235. The molecule has 110 valence electrons. The van der Waals surface area contributed by atoms with Crippen molar-refractivity contribution in [2.75, 3.05) is 0 Å². The summed E-state index contributed by atoms with van der Waals surface area (Å²) in [5, 5.41) is 3.64. The van der Waals surface area contributed by atoms with Crippen LogP contribution in [-0.2, 0) is 4.79 Å². The molecule has 3 nitrogen and oxygen atoms in total. The van der Waals surface area contributed by atoms with Crippen LogP contribution in [0.25, 0.3) is 0 Å². The zero-order valence-electron chi connectivity index (χ0n) is 11.9. The Balaban J connectivity index is 1.91. The standard InChI is InChI=1S/C17H19ClN2O/c1-12(13-7-9-15(18)10-8-13)20-17(21)11-16(19)14-5-3-2-4-6-14/h2-10,12,16H,11,19H2,1H3,(H,20,21). The first kappa shape index (κ1) is 15.5. The maximum absolute atomic E-state index is 12.1. The molecular weight excluding hydrogens is 284 g/mol.